The molecule has 1 aliphatic rings. The summed E-state index contributed by atoms with van der Waals surface area (Å²) >= 11 is 5.88. The first-order valence-corrected chi connectivity index (χ1v) is 10.2. The normalized spacial score (nSPS) is 16.3. The third-order valence-corrected chi connectivity index (χ3v) is 5.33. The van der Waals surface area contributed by atoms with E-state index in [1.165, 1.54) is 0 Å². The number of methoxy groups -OCH3 is 1. The monoisotopic (exact) mass is 427 g/mol. The molecule has 8 heteroatoms. The number of hydrogen-bond donors (Lipinski definition) is 0. The number of hydrogen-bond acceptors (Lipinski definition) is 6. The Bertz CT molecular complexity index is 988. The largest absolute Gasteiger partial charge is 0.497 e. The van der Waals surface area contributed by atoms with E-state index in [9.17, 15) is 4.79 Å². The van der Waals surface area contributed by atoms with Crippen LogP contribution in [0.25, 0.3) is 11.4 Å². The number of halogens is 1. The summed E-state index contributed by atoms with van der Waals surface area (Å²) in [4.78, 5) is 19.2. The quantitative estimate of drug-likeness (QED) is 0.575. The highest BCUT2D eigenvalue weighted by Crippen LogP contribution is 2.31. The first kappa shape index (κ1) is 20.2. The van der Waals surface area contributed by atoms with Gasteiger partial charge in [-0.05, 0) is 67.8 Å². The molecule has 1 aromatic heterocycles. The number of aromatic nitrogens is 2. The van der Waals surface area contributed by atoms with Gasteiger partial charge in [-0.2, -0.15) is 4.98 Å². The summed E-state index contributed by atoms with van der Waals surface area (Å²) < 4.78 is 16.3. The van der Waals surface area contributed by atoms with Gasteiger partial charge in [0.2, 0.25) is 11.7 Å². The standard InChI is InChI=1S/C22H22ClN3O4/c1-28-17-9-5-15(6-10-17)21-24-22(30-25-21)19-4-2-3-13-26(19)20(27)14-29-18-11-7-16(23)8-12-18/h5-12,19H,2-4,13-14H2,1H3/t19-/m1/s1. The maximum Gasteiger partial charge on any atom is 0.261 e. The molecule has 0 N–H and O–H groups in total. The molecule has 1 atom stereocenters. The Hall–Kier alpha value is -3.06. The summed E-state index contributed by atoms with van der Waals surface area (Å²) in [7, 11) is 1.62. The van der Waals surface area contributed by atoms with Crippen molar-refractivity contribution >= 4 is 17.5 Å². The second kappa shape index (κ2) is 9.17. The van der Waals surface area contributed by atoms with Crippen molar-refractivity contribution in [3.05, 3.63) is 59.4 Å². The highest BCUT2D eigenvalue weighted by Gasteiger charge is 2.32. The summed E-state index contributed by atoms with van der Waals surface area (Å²) in [5.74, 6) is 2.18. The summed E-state index contributed by atoms with van der Waals surface area (Å²) in [6.07, 6.45) is 2.70. The van der Waals surface area contributed by atoms with Gasteiger partial charge in [0.1, 0.15) is 17.5 Å². The van der Waals surface area contributed by atoms with E-state index in [1.54, 1.807) is 36.3 Å². The second-order valence-corrected chi connectivity index (χ2v) is 7.46. The number of piperidine rings is 1. The molecule has 7 nitrogen and oxygen atoms in total. The van der Waals surface area contributed by atoms with Gasteiger partial charge in [0.05, 0.1) is 7.11 Å². The Morgan fingerprint density at radius 2 is 1.87 bits per heavy atom. The number of rotatable bonds is 6. The fourth-order valence-corrected chi connectivity index (χ4v) is 3.60. The van der Waals surface area contributed by atoms with E-state index in [4.69, 9.17) is 25.6 Å². The van der Waals surface area contributed by atoms with Crippen molar-refractivity contribution in [2.45, 2.75) is 25.3 Å². The van der Waals surface area contributed by atoms with E-state index in [1.807, 2.05) is 24.3 Å². The molecule has 1 aliphatic heterocycles. The lowest BCUT2D eigenvalue weighted by atomic mass is 10.0. The van der Waals surface area contributed by atoms with Gasteiger partial charge in [-0.3, -0.25) is 4.79 Å². The lowest BCUT2D eigenvalue weighted by Crippen LogP contribution is -2.41. The molecular formula is C22H22ClN3O4. The molecule has 2 heterocycles. The van der Waals surface area contributed by atoms with E-state index < -0.39 is 0 Å². The predicted octanol–water partition coefficient (Wildman–Crippen LogP) is 4.53. The van der Waals surface area contributed by atoms with Crippen molar-refractivity contribution in [2.75, 3.05) is 20.3 Å². The molecule has 3 aromatic rings. The van der Waals surface area contributed by atoms with Gasteiger partial charge in [0.15, 0.2) is 6.61 Å². The Morgan fingerprint density at radius 3 is 2.60 bits per heavy atom. The van der Waals surface area contributed by atoms with Gasteiger partial charge in [-0.1, -0.05) is 16.8 Å². The third-order valence-electron chi connectivity index (χ3n) is 5.07. The molecule has 156 valence electrons. The number of amides is 1. The van der Waals surface area contributed by atoms with Crippen LogP contribution < -0.4 is 9.47 Å². The first-order valence-electron chi connectivity index (χ1n) is 9.80. The number of ether oxygens (including phenoxy) is 2. The molecule has 0 unspecified atom stereocenters. The molecule has 1 saturated heterocycles. The third kappa shape index (κ3) is 4.57. The van der Waals surface area contributed by atoms with Crippen molar-refractivity contribution in [1.82, 2.24) is 15.0 Å². The summed E-state index contributed by atoms with van der Waals surface area (Å²) in [6.45, 7) is 0.575. The van der Waals surface area contributed by atoms with Crippen molar-refractivity contribution in [1.29, 1.82) is 0 Å². The van der Waals surface area contributed by atoms with Crippen LogP contribution in [0.15, 0.2) is 53.1 Å². The zero-order valence-corrected chi connectivity index (χ0v) is 17.3. The van der Waals surface area contributed by atoms with Crippen LogP contribution in [-0.4, -0.2) is 41.2 Å². The van der Waals surface area contributed by atoms with Crippen LogP contribution in [0.5, 0.6) is 11.5 Å². The molecule has 0 aliphatic carbocycles. The van der Waals surface area contributed by atoms with Crippen LogP contribution in [0, 0.1) is 0 Å². The van der Waals surface area contributed by atoms with Crippen LogP contribution in [0.2, 0.25) is 5.02 Å². The lowest BCUT2D eigenvalue weighted by Gasteiger charge is -2.33. The van der Waals surface area contributed by atoms with E-state index in [0.717, 1.165) is 30.6 Å². The Balaban J connectivity index is 1.45. The van der Waals surface area contributed by atoms with Crippen molar-refractivity contribution < 1.29 is 18.8 Å². The SMILES string of the molecule is COc1ccc(-c2noc([C@H]3CCCCN3C(=O)COc3ccc(Cl)cc3)n2)cc1. The van der Waals surface area contributed by atoms with Crippen LogP contribution in [0.1, 0.15) is 31.2 Å². The van der Waals surface area contributed by atoms with Gasteiger partial charge in [-0.15, -0.1) is 0 Å². The molecule has 0 saturated carbocycles. The molecule has 0 radical (unpaired) electrons. The first-order chi connectivity index (χ1) is 14.6. The summed E-state index contributed by atoms with van der Waals surface area (Å²) in [5.41, 5.74) is 0.825. The fraction of sp³-hybridized carbons (Fsp3) is 0.318. The van der Waals surface area contributed by atoms with Crippen LogP contribution >= 0.6 is 11.6 Å². The molecule has 4 rings (SSSR count). The lowest BCUT2D eigenvalue weighted by molar-refractivity contribution is -0.138. The molecule has 0 spiro atoms. The number of benzene rings is 2. The average Bonchev–Trinajstić information content (AvgIpc) is 3.29. The van der Waals surface area contributed by atoms with Gasteiger partial charge in [-0.25, -0.2) is 0 Å². The van der Waals surface area contributed by atoms with Crippen LogP contribution in [-0.2, 0) is 4.79 Å². The van der Waals surface area contributed by atoms with E-state index in [0.29, 0.717) is 29.0 Å². The zero-order valence-electron chi connectivity index (χ0n) is 16.6. The topological polar surface area (TPSA) is 77.7 Å². The minimum Gasteiger partial charge on any atom is -0.497 e. The second-order valence-electron chi connectivity index (χ2n) is 7.03. The average molecular weight is 428 g/mol. The van der Waals surface area contributed by atoms with Gasteiger partial charge in [0.25, 0.3) is 5.91 Å². The van der Waals surface area contributed by atoms with Crippen LogP contribution in [0.3, 0.4) is 0 Å². The highest BCUT2D eigenvalue weighted by molar-refractivity contribution is 6.30. The minimum absolute atomic E-state index is 0.0579. The fourth-order valence-electron chi connectivity index (χ4n) is 3.47. The molecule has 2 aromatic carbocycles. The van der Waals surface area contributed by atoms with Crippen LogP contribution in [0.4, 0.5) is 0 Å². The molecular weight excluding hydrogens is 406 g/mol. The Kier molecular flexibility index (Phi) is 6.18. The molecule has 0 bridgehead atoms. The van der Waals surface area contributed by atoms with Gasteiger partial charge < -0.3 is 18.9 Å². The van der Waals surface area contributed by atoms with Crippen molar-refractivity contribution in [3.8, 4) is 22.9 Å². The molecule has 1 amide bonds. The summed E-state index contributed by atoms with van der Waals surface area (Å²) in [6, 6.07) is 14.1. The van der Waals surface area contributed by atoms with E-state index >= 15 is 0 Å². The zero-order chi connectivity index (χ0) is 20.9. The number of nitrogens with zero attached hydrogens (tertiary/aromatic N) is 3. The van der Waals surface area contributed by atoms with Crippen molar-refractivity contribution in [3.63, 3.8) is 0 Å². The number of likely N-dealkylation sites (tertiary alicyclic amines) is 1. The predicted molar refractivity (Wildman–Crippen MR) is 112 cm³/mol. The Labute approximate surface area is 179 Å². The summed E-state index contributed by atoms with van der Waals surface area (Å²) in [5, 5.41) is 4.72. The highest BCUT2D eigenvalue weighted by atomic mass is 35.5. The maximum absolute atomic E-state index is 12.8. The molecule has 30 heavy (non-hydrogen) atoms. The number of carbonyl (C=O) groups is 1. The van der Waals surface area contributed by atoms with Crippen molar-refractivity contribution in [2.24, 2.45) is 0 Å². The number of carbonyl (C=O) groups excluding carboxylic acids is 1. The van der Waals surface area contributed by atoms with E-state index in [2.05, 4.69) is 10.1 Å². The smallest absolute Gasteiger partial charge is 0.261 e. The van der Waals surface area contributed by atoms with E-state index in [-0.39, 0.29) is 18.6 Å². The Morgan fingerprint density at radius 1 is 1.13 bits per heavy atom. The maximum atomic E-state index is 12.8. The molecule has 1 fully saturated rings. The van der Waals surface area contributed by atoms with Gasteiger partial charge >= 0.3 is 0 Å². The minimum atomic E-state index is -0.250. The van der Waals surface area contributed by atoms with Gasteiger partial charge in [0, 0.05) is 17.1 Å².